The highest BCUT2D eigenvalue weighted by Gasteiger charge is 2.36. The third kappa shape index (κ3) is 3.22. The Kier molecular flexibility index (Phi) is 4.99. The molecule has 1 fully saturated rings. The van der Waals surface area contributed by atoms with E-state index in [4.69, 9.17) is 4.74 Å². The largest absolute Gasteiger partial charge is 0.373 e. The van der Waals surface area contributed by atoms with Crippen molar-refractivity contribution in [2.45, 2.75) is 32.2 Å². The summed E-state index contributed by atoms with van der Waals surface area (Å²) in [5, 5.41) is 8.82. The number of halogens is 1. The number of hydrogen-bond acceptors (Lipinski definition) is 6. The van der Waals surface area contributed by atoms with Gasteiger partial charge in [0.25, 0.3) is 0 Å². The fraction of sp³-hybridized carbons (Fsp3) is 0.421. The second-order valence-corrected chi connectivity index (χ2v) is 6.84. The summed E-state index contributed by atoms with van der Waals surface area (Å²) < 4.78 is 21.5. The van der Waals surface area contributed by atoms with Crippen LogP contribution in [0, 0.1) is 5.82 Å². The molecule has 0 radical (unpaired) electrons. The van der Waals surface area contributed by atoms with E-state index in [1.54, 1.807) is 18.5 Å². The van der Waals surface area contributed by atoms with Gasteiger partial charge in [-0.3, -0.25) is 0 Å². The molecule has 0 saturated carbocycles. The van der Waals surface area contributed by atoms with Gasteiger partial charge in [-0.1, -0.05) is 0 Å². The zero-order chi connectivity index (χ0) is 19.7. The molecule has 0 spiro atoms. The highest BCUT2D eigenvalue weighted by Crippen LogP contribution is 2.47. The number of benzene rings is 1. The lowest BCUT2D eigenvalue weighted by atomic mass is 9.96. The lowest BCUT2D eigenvalue weighted by Gasteiger charge is -2.26. The molecule has 1 saturated heterocycles. The maximum absolute atomic E-state index is 15.7. The zero-order valence-electron chi connectivity index (χ0n) is 15.8. The van der Waals surface area contributed by atoms with Crippen LogP contribution < -0.4 is 20.9 Å². The van der Waals surface area contributed by atoms with Crippen LogP contribution in [0.4, 0.5) is 20.6 Å². The molecule has 0 aliphatic carbocycles. The van der Waals surface area contributed by atoms with Crippen molar-refractivity contribution in [3.63, 3.8) is 0 Å². The second kappa shape index (κ2) is 7.59. The molecule has 2 atom stereocenters. The number of urea groups is 1. The minimum atomic E-state index is -0.497. The summed E-state index contributed by atoms with van der Waals surface area (Å²) in [7, 11) is 1.82. The maximum Gasteiger partial charge on any atom is 0.317 e. The van der Waals surface area contributed by atoms with E-state index < -0.39 is 6.29 Å². The van der Waals surface area contributed by atoms with E-state index in [1.807, 2.05) is 18.9 Å². The van der Waals surface area contributed by atoms with Crippen LogP contribution in [0.3, 0.4) is 0 Å². The first-order chi connectivity index (χ1) is 13.6. The smallest absolute Gasteiger partial charge is 0.317 e. The predicted molar refractivity (Wildman–Crippen MR) is 103 cm³/mol. The van der Waals surface area contributed by atoms with Crippen LogP contribution in [-0.2, 0) is 4.74 Å². The number of carbonyl (C=O) groups excluding carboxylic acids is 1. The van der Waals surface area contributed by atoms with Crippen LogP contribution in [0.2, 0.25) is 0 Å². The molecular formula is C19H23FN6O2. The Balaban J connectivity index is 1.78. The molecular weight excluding hydrogens is 363 g/mol. The van der Waals surface area contributed by atoms with E-state index in [1.165, 1.54) is 6.33 Å². The standard InChI is InChI=1S/C19H23FN6O2/c1-3-23-19(27)25-18-24-13-7-12(11-8-21-10-22-9-11)16(20)15(17(13)26(18)2)14-5-4-6-28-14/h7-10,14,18,24H,3-6H2,1-2H3,(H2,23,25,27). The number of aromatic nitrogens is 2. The molecule has 2 aliphatic heterocycles. The minimum Gasteiger partial charge on any atom is -0.373 e. The highest BCUT2D eigenvalue weighted by molar-refractivity contribution is 5.86. The van der Waals surface area contributed by atoms with Crippen LogP contribution in [0.15, 0.2) is 24.8 Å². The van der Waals surface area contributed by atoms with Crippen LogP contribution in [-0.4, -0.2) is 42.5 Å². The van der Waals surface area contributed by atoms with Crippen molar-refractivity contribution in [1.82, 2.24) is 20.6 Å². The number of rotatable bonds is 4. The summed E-state index contributed by atoms with van der Waals surface area (Å²) >= 11 is 0. The second-order valence-electron chi connectivity index (χ2n) is 6.84. The van der Waals surface area contributed by atoms with Gasteiger partial charge < -0.3 is 25.6 Å². The average Bonchev–Trinajstić information content (AvgIpc) is 3.32. The van der Waals surface area contributed by atoms with Crippen LogP contribution >= 0.6 is 0 Å². The van der Waals surface area contributed by atoms with Crippen molar-refractivity contribution >= 4 is 17.4 Å². The molecule has 2 amide bonds. The number of anilines is 2. The molecule has 1 aromatic carbocycles. The number of nitrogens with zero attached hydrogens (tertiary/aromatic N) is 3. The molecule has 2 unspecified atom stereocenters. The molecule has 0 bridgehead atoms. The van der Waals surface area contributed by atoms with Gasteiger partial charge in [0.2, 0.25) is 0 Å². The molecule has 4 rings (SSSR count). The lowest BCUT2D eigenvalue weighted by molar-refractivity contribution is 0.109. The predicted octanol–water partition coefficient (Wildman–Crippen LogP) is 2.60. The number of hydrogen-bond donors (Lipinski definition) is 3. The Hall–Kier alpha value is -2.94. The summed E-state index contributed by atoms with van der Waals surface area (Å²) in [6.45, 7) is 2.97. The van der Waals surface area contributed by atoms with E-state index in [0.717, 1.165) is 18.5 Å². The van der Waals surface area contributed by atoms with Gasteiger partial charge in [-0.25, -0.2) is 19.2 Å². The van der Waals surface area contributed by atoms with E-state index in [9.17, 15) is 4.79 Å². The fourth-order valence-electron chi connectivity index (χ4n) is 3.75. The molecule has 8 nitrogen and oxygen atoms in total. The topological polar surface area (TPSA) is 91.4 Å². The molecule has 28 heavy (non-hydrogen) atoms. The summed E-state index contributed by atoms with van der Waals surface area (Å²) in [4.78, 5) is 21.8. The summed E-state index contributed by atoms with van der Waals surface area (Å²) in [6.07, 6.45) is 5.39. The van der Waals surface area contributed by atoms with Gasteiger partial charge in [0.05, 0.1) is 17.5 Å². The summed E-state index contributed by atoms with van der Waals surface area (Å²) in [5.74, 6) is -0.340. The molecule has 3 heterocycles. The number of fused-ring (bicyclic) bond motifs is 1. The van der Waals surface area contributed by atoms with Crippen molar-refractivity contribution in [3.05, 3.63) is 36.2 Å². The van der Waals surface area contributed by atoms with Gasteiger partial charge in [0.1, 0.15) is 12.1 Å². The maximum atomic E-state index is 15.7. The average molecular weight is 386 g/mol. The molecule has 9 heteroatoms. The third-order valence-electron chi connectivity index (χ3n) is 5.03. The highest BCUT2D eigenvalue weighted by atomic mass is 19.1. The Morgan fingerprint density at radius 3 is 2.89 bits per heavy atom. The number of carbonyl (C=O) groups is 1. The van der Waals surface area contributed by atoms with Crippen LogP contribution in [0.1, 0.15) is 31.4 Å². The van der Waals surface area contributed by atoms with Gasteiger partial charge in [-0.2, -0.15) is 0 Å². The first-order valence-electron chi connectivity index (χ1n) is 9.37. The molecule has 148 valence electrons. The molecule has 2 aromatic rings. The van der Waals surface area contributed by atoms with Crippen LogP contribution in [0.5, 0.6) is 0 Å². The zero-order valence-corrected chi connectivity index (χ0v) is 15.8. The van der Waals surface area contributed by atoms with Gasteiger partial charge in [0.15, 0.2) is 6.29 Å². The van der Waals surface area contributed by atoms with Crippen molar-refractivity contribution in [2.75, 3.05) is 30.4 Å². The minimum absolute atomic E-state index is 0.296. The van der Waals surface area contributed by atoms with Gasteiger partial charge in [-0.15, -0.1) is 0 Å². The van der Waals surface area contributed by atoms with Crippen LogP contribution in [0.25, 0.3) is 11.1 Å². The third-order valence-corrected chi connectivity index (χ3v) is 5.03. The van der Waals surface area contributed by atoms with Gasteiger partial charge >= 0.3 is 6.03 Å². The van der Waals surface area contributed by atoms with E-state index in [-0.39, 0.29) is 18.0 Å². The van der Waals surface area contributed by atoms with Crippen molar-refractivity contribution in [1.29, 1.82) is 0 Å². The van der Waals surface area contributed by atoms with E-state index in [0.29, 0.717) is 35.5 Å². The van der Waals surface area contributed by atoms with Gasteiger partial charge in [0, 0.05) is 49.3 Å². The Morgan fingerprint density at radius 1 is 1.43 bits per heavy atom. The molecule has 3 N–H and O–H groups in total. The first-order valence-corrected chi connectivity index (χ1v) is 9.37. The van der Waals surface area contributed by atoms with E-state index in [2.05, 4.69) is 25.9 Å². The van der Waals surface area contributed by atoms with Crippen molar-refractivity contribution < 1.29 is 13.9 Å². The Morgan fingerprint density at radius 2 is 2.21 bits per heavy atom. The number of ether oxygens (including phenoxy) is 1. The summed E-state index contributed by atoms with van der Waals surface area (Å²) in [6, 6.07) is 1.44. The quantitative estimate of drug-likeness (QED) is 0.748. The Bertz CT molecular complexity index is 872. The number of amides is 2. The SMILES string of the molecule is CCNC(=O)NC1Nc2cc(-c3cncnc3)c(F)c(C3CCCO3)c2N1C. The van der Waals surface area contributed by atoms with Crippen molar-refractivity contribution in [3.8, 4) is 11.1 Å². The molecule has 1 aromatic heterocycles. The first kappa shape index (κ1) is 18.4. The summed E-state index contributed by atoms with van der Waals surface area (Å²) in [5.41, 5.74) is 2.93. The normalized spacial score (nSPS) is 20.6. The monoisotopic (exact) mass is 386 g/mol. The fourth-order valence-corrected chi connectivity index (χ4v) is 3.75. The lowest BCUT2D eigenvalue weighted by Crippen LogP contribution is -2.51. The van der Waals surface area contributed by atoms with Crippen molar-refractivity contribution in [2.24, 2.45) is 0 Å². The molecule has 2 aliphatic rings. The number of nitrogens with one attached hydrogen (secondary N) is 3. The van der Waals surface area contributed by atoms with E-state index >= 15 is 4.39 Å². The van der Waals surface area contributed by atoms with Gasteiger partial charge in [-0.05, 0) is 25.8 Å². The Labute approximate surface area is 162 Å².